The highest BCUT2D eigenvalue weighted by Gasteiger charge is 2.57. The van der Waals surface area contributed by atoms with Crippen LogP contribution in [0, 0.1) is 0 Å². The number of carbonyl (C=O) groups excluding carboxylic acids is 2. The highest BCUT2D eigenvalue weighted by atomic mass is 16.5. The number of hydrogen-bond acceptors (Lipinski definition) is 4. The zero-order valence-electron chi connectivity index (χ0n) is 17.3. The number of esters is 1. The van der Waals surface area contributed by atoms with E-state index in [1.165, 1.54) is 18.3 Å². The van der Waals surface area contributed by atoms with Gasteiger partial charge in [0.25, 0.3) is 5.91 Å². The Morgan fingerprint density at radius 3 is 2.39 bits per heavy atom. The number of carbonyl (C=O) groups is 2. The molecule has 6 nitrogen and oxygen atoms in total. The van der Waals surface area contributed by atoms with Crippen LogP contribution in [-0.4, -0.2) is 29.0 Å². The topological polar surface area (TPSA) is 88.3 Å². The molecule has 0 aliphatic heterocycles. The highest BCUT2D eigenvalue weighted by molar-refractivity contribution is 5.95. The largest absolute Gasteiger partial charge is 0.466 e. The molecule has 1 amide bonds. The lowest BCUT2D eigenvalue weighted by Gasteiger charge is -2.19. The second-order valence-corrected chi connectivity index (χ2v) is 7.78. The predicted molar refractivity (Wildman–Crippen MR) is 118 cm³/mol. The average molecular weight is 416 g/mol. The monoisotopic (exact) mass is 416 g/mol. The Bertz CT molecular complexity index is 1120. The molecule has 1 aliphatic carbocycles. The van der Waals surface area contributed by atoms with Gasteiger partial charge in [0.1, 0.15) is 0 Å². The minimum atomic E-state index is -0.701. The fourth-order valence-electron chi connectivity index (χ4n) is 3.98. The van der Waals surface area contributed by atoms with Gasteiger partial charge < -0.3 is 15.0 Å². The number of amides is 1. The molecule has 6 heteroatoms. The number of aromatic nitrogens is 1. The Kier molecular flexibility index (Phi) is 5.71. The molecule has 0 saturated heterocycles. The van der Waals surface area contributed by atoms with Gasteiger partial charge in [-0.1, -0.05) is 54.6 Å². The molecule has 0 spiro atoms. The fourth-order valence-corrected chi connectivity index (χ4v) is 3.98. The number of pyridine rings is 1. The molecule has 0 radical (unpaired) electrons. The number of hydrogen-bond donors (Lipinski definition) is 2. The van der Waals surface area contributed by atoms with E-state index in [4.69, 9.17) is 4.74 Å². The van der Waals surface area contributed by atoms with E-state index in [0.717, 1.165) is 16.7 Å². The third kappa shape index (κ3) is 4.58. The molecule has 1 saturated carbocycles. The maximum Gasteiger partial charge on any atom is 0.308 e. The predicted octanol–water partition coefficient (Wildman–Crippen LogP) is 3.65. The van der Waals surface area contributed by atoms with Gasteiger partial charge in [-0.2, -0.15) is 0 Å². The minimum Gasteiger partial charge on any atom is -0.466 e. The van der Waals surface area contributed by atoms with Gasteiger partial charge in [-0.15, -0.1) is 0 Å². The Balaban J connectivity index is 1.55. The van der Waals surface area contributed by atoms with Crippen molar-refractivity contribution < 1.29 is 14.3 Å². The van der Waals surface area contributed by atoms with Crippen LogP contribution in [0.25, 0.3) is 11.1 Å². The summed E-state index contributed by atoms with van der Waals surface area (Å²) in [6.07, 6.45) is 2.12. The zero-order chi connectivity index (χ0) is 21.8. The number of rotatable bonds is 7. The molecule has 2 atom stereocenters. The van der Waals surface area contributed by atoms with Crippen molar-refractivity contribution in [1.82, 2.24) is 10.3 Å². The van der Waals surface area contributed by atoms with Crippen LogP contribution in [-0.2, 0) is 9.53 Å². The van der Waals surface area contributed by atoms with Gasteiger partial charge in [-0.05, 0) is 36.1 Å². The van der Waals surface area contributed by atoms with Gasteiger partial charge in [-0.3, -0.25) is 14.4 Å². The highest BCUT2D eigenvalue weighted by Crippen LogP contribution is 2.54. The molecule has 1 aliphatic rings. The summed E-state index contributed by atoms with van der Waals surface area (Å²) in [5.41, 5.74) is 2.67. The van der Waals surface area contributed by atoms with Crippen LogP contribution in [0.3, 0.4) is 0 Å². The Labute approximate surface area is 180 Å². The van der Waals surface area contributed by atoms with Crippen molar-refractivity contribution in [3.8, 4) is 11.1 Å². The van der Waals surface area contributed by atoms with Gasteiger partial charge in [0.15, 0.2) is 0 Å². The molecule has 3 aromatic rings. The van der Waals surface area contributed by atoms with Crippen LogP contribution in [0.2, 0.25) is 0 Å². The molecule has 1 fully saturated rings. The van der Waals surface area contributed by atoms with E-state index in [0.29, 0.717) is 18.6 Å². The van der Waals surface area contributed by atoms with Crippen LogP contribution < -0.4 is 10.9 Å². The molecule has 2 aromatic carbocycles. The van der Waals surface area contributed by atoms with E-state index in [9.17, 15) is 14.4 Å². The summed E-state index contributed by atoms with van der Waals surface area (Å²) in [5.74, 6) is -0.662. The molecule has 0 bridgehead atoms. The van der Waals surface area contributed by atoms with Gasteiger partial charge >= 0.3 is 5.97 Å². The number of aromatic amines is 1. The SMILES string of the molecule is CCOC(=O)CC1(NC(=O)c2ccc(=O)[nH]c2)C[C@H]1c1ccc(-c2ccccc2)cc1. The molecular weight excluding hydrogens is 392 g/mol. The Morgan fingerprint density at radius 2 is 1.74 bits per heavy atom. The molecule has 1 heterocycles. The third-order valence-corrected chi connectivity index (χ3v) is 5.67. The number of benzene rings is 2. The van der Waals surface area contributed by atoms with E-state index < -0.39 is 5.54 Å². The van der Waals surface area contributed by atoms with Gasteiger partial charge in [-0.25, -0.2) is 0 Å². The van der Waals surface area contributed by atoms with Gasteiger partial charge in [0, 0.05) is 18.2 Å². The van der Waals surface area contributed by atoms with Crippen LogP contribution in [0.1, 0.15) is 41.6 Å². The smallest absolute Gasteiger partial charge is 0.308 e. The van der Waals surface area contributed by atoms with E-state index in [-0.39, 0.29) is 29.8 Å². The third-order valence-electron chi connectivity index (χ3n) is 5.67. The van der Waals surface area contributed by atoms with Crippen molar-refractivity contribution >= 4 is 11.9 Å². The summed E-state index contributed by atoms with van der Waals surface area (Å²) in [5, 5.41) is 3.03. The number of H-pyrrole nitrogens is 1. The molecular formula is C25H24N2O4. The van der Waals surface area contributed by atoms with Crippen molar-refractivity contribution in [3.05, 3.63) is 94.4 Å². The first kappa shape index (κ1) is 20.6. The molecule has 2 N–H and O–H groups in total. The number of ether oxygens (including phenoxy) is 1. The molecule has 1 aromatic heterocycles. The summed E-state index contributed by atoms with van der Waals surface area (Å²) in [6.45, 7) is 2.05. The Morgan fingerprint density at radius 1 is 1.03 bits per heavy atom. The first-order chi connectivity index (χ1) is 15.0. The number of nitrogens with one attached hydrogen (secondary N) is 2. The van der Waals surface area contributed by atoms with Crippen molar-refractivity contribution in [3.63, 3.8) is 0 Å². The lowest BCUT2D eigenvalue weighted by atomic mass is 9.99. The van der Waals surface area contributed by atoms with Crippen LogP contribution in [0.5, 0.6) is 0 Å². The maximum atomic E-state index is 12.8. The summed E-state index contributed by atoms with van der Waals surface area (Å²) in [4.78, 5) is 38.8. The summed E-state index contributed by atoms with van der Waals surface area (Å²) >= 11 is 0. The standard InChI is InChI=1S/C25H24N2O4/c1-2-31-23(29)15-25(27-24(30)20-12-13-22(28)26-16-20)14-21(25)19-10-8-18(9-11-19)17-6-4-3-5-7-17/h3-13,16,21H,2,14-15H2,1H3,(H,26,28)(H,27,30)/t21-,25?/m0/s1. The van der Waals surface area contributed by atoms with E-state index >= 15 is 0 Å². The van der Waals surface area contributed by atoms with Gasteiger partial charge in [0.2, 0.25) is 5.56 Å². The maximum absolute atomic E-state index is 12.8. The molecule has 1 unspecified atom stereocenters. The zero-order valence-corrected chi connectivity index (χ0v) is 17.3. The summed E-state index contributed by atoms with van der Waals surface area (Å²) in [6, 6.07) is 21.1. The second-order valence-electron chi connectivity index (χ2n) is 7.78. The molecule has 31 heavy (non-hydrogen) atoms. The van der Waals surface area contributed by atoms with Crippen molar-refractivity contribution in [1.29, 1.82) is 0 Å². The lowest BCUT2D eigenvalue weighted by Crippen LogP contribution is -2.40. The van der Waals surface area contributed by atoms with Crippen molar-refractivity contribution in [2.24, 2.45) is 0 Å². The molecule has 4 rings (SSSR count). The average Bonchev–Trinajstić information content (AvgIpc) is 3.47. The van der Waals surface area contributed by atoms with Crippen LogP contribution in [0.15, 0.2) is 77.7 Å². The lowest BCUT2D eigenvalue weighted by molar-refractivity contribution is -0.143. The minimum absolute atomic E-state index is 0.00782. The van der Waals surface area contributed by atoms with Crippen molar-refractivity contribution in [2.45, 2.75) is 31.2 Å². The second kappa shape index (κ2) is 8.60. The van der Waals surface area contributed by atoms with Crippen LogP contribution >= 0.6 is 0 Å². The Hall–Kier alpha value is -3.67. The quantitative estimate of drug-likeness (QED) is 0.576. The van der Waals surface area contributed by atoms with E-state index in [2.05, 4.69) is 34.6 Å². The van der Waals surface area contributed by atoms with Crippen molar-refractivity contribution in [2.75, 3.05) is 6.61 Å². The van der Waals surface area contributed by atoms with Gasteiger partial charge in [0.05, 0.1) is 24.1 Å². The first-order valence-electron chi connectivity index (χ1n) is 10.3. The first-order valence-corrected chi connectivity index (χ1v) is 10.3. The molecule has 158 valence electrons. The summed E-state index contributed by atoms with van der Waals surface area (Å²) < 4.78 is 5.14. The van der Waals surface area contributed by atoms with E-state index in [1.54, 1.807) is 6.92 Å². The normalized spacial score (nSPS) is 19.5. The van der Waals surface area contributed by atoms with E-state index in [1.807, 2.05) is 30.3 Å². The summed E-state index contributed by atoms with van der Waals surface area (Å²) in [7, 11) is 0. The van der Waals surface area contributed by atoms with Crippen LogP contribution in [0.4, 0.5) is 0 Å². The fraction of sp³-hybridized carbons (Fsp3) is 0.240.